The number of carbonyl (C=O) groups excluding carboxylic acids is 1. The summed E-state index contributed by atoms with van der Waals surface area (Å²) in [5.74, 6) is -1.74. The fourth-order valence-electron chi connectivity index (χ4n) is 2.02. The molecule has 0 saturated heterocycles. The molecule has 0 heterocycles. The van der Waals surface area contributed by atoms with Gasteiger partial charge in [0.25, 0.3) is 0 Å². The molecule has 0 amide bonds. The van der Waals surface area contributed by atoms with Crippen LogP contribution in [0.5, 0.6) is 0 Å². The van der Waals surface area contributed by atoms with Crippen LogP contribution in [-0.2, 0) is 19.1 Å². The van der Waals surface area contributed by atoms with Gasteiger partial charge in [-0.05, 0) is 25.7 Å². The molecule has 0 bridgehead atoms. The van der Waals surface area contributed by atoms with E-state index in [1.54, 1.807) is 7.11 Å². The second-order valence-electron chi connectivity index (χ2n) is 3.81. The van der Waals surface area contributed by atoms with Crippen LogP contribution in [-0.4, -0.2) is 37.4 Å². The molecule has 1 aliphatic rings. The highest BCUT2D eigenvalue weighted by atomic mass is 16.5. The number of hydrogen-bond donors (Lipinski definition) is 1. The highest BCUT2D eigenvalue weighted by molar-refractivity contribution is 5.99. The third-order valence-corrected chi connectivity index (χ3v) is 3.11. The van der Waals surface area contributed by atoms with E-state index in [-0.39, 0.29) is 18.9 Å². The number of ether oxygens (including phenoxy) is 2. The van der Waals surface area contributed by atoms with E-state index in [1.807, 2.05) is 0 Å². The number of rotatable bonds is 3. The largest absolute Gasteiger partial charge is 0.480 e. The molecule has 0 aromatic rings. The Morgan fingerprint density at radius 3 is 2.13 bits per heavy atom. The van der Waals surface area contributed by atoms with Crippen molar-refractivity contribution < 1.29 is 24.2 Å². The number of carbonyl (C=O) groups is 2. The number of carboxylic acid groups (broad SMARTS) is 1. The van der Waals surface area contributed by atoms with Gasteiger partial charge in [-0.1, -0.05) is 0 Å². The molecular weight excluding hydrogens is 200 g/mol. The third-order valence-electron chi connectivity index (χ3n) is 3.11. The van der Waals surface area contributed by atoms with E-state index >= 15 is 0 Å². The zero-order valence-electron chi connectivity index (χ0n) is 8.99. The SMILES string of the molecule is COC(=O)C1(C(=O)O)CCC(OC)CC1. The summed E-state index contributed by atoms with van der Waals surface area (Å²) in [5.41, 5.74) is -1.36. The highest BCUT2D eigenvalue weighted by Crippen LogP contribution is 2.38. The van der Waals surface area contributed by atoms with Crippen LogP contribution in [0, 0.1) is 5.41 Å². The predicted octanol–water partition coefficient (Wildman–Crippen LogP) is 0.819. The van der Waals surface area contributed by atoms with E-state index in [4.69, 9.17) is 9.84 Å². The molecule has 5 heteroatoms. The standard InChI is InChI=1S/C10H16O5/c1-14-7-3-5-10(6-4-7,8(11)12)9(13)15-2/h7H,3-6H2,1-2H3,(H,11,12). The molecule has 0 spiro atoms. The predicted molar refractivity (Wildman–Crippen MR) is 51.3 cm³/mol. The average Bonchev–Trinajstić information content (AvgIpc) is 2.27. The lowest BCUT2D eigenvalue weighted by molar-refractivity contribution is -0.171. The van der Waals surface area contributed by atoms with E-state index in [1.165, 1.54) is 7.11 Å². The summed E-state index contributed by atoms with van der Waals surface area (Å²) < 4.78 is 9.70. The molecule has 0 atom stereocenters. The van der Waals surface area contributed by atoms with Crippen LogP contribution in [0.25, 0.3) is 0 Å². The van der Waals surface area contributed by atoms with Crippen molar-refractivity contribution in [3.05, 3.63) is 0 Å². The maximum absolute atomic E-state index is 11.5. The first-order chi connectivity index (χ1) is 7.06. The maximum Gasteiger partial charge on any atom is 0.323 e. The smallest absolute Gasteiger partial charge is 0.323 e. The number of methoxy groups -OCH3 is 2. The molecule has 0 unspecified atom stereocenters. The Kier molecular flexibility index (Phi) is 3.68. The lowest BCUT2D eigenvalue weighted by Gasteiger charge is -2.33. The first-order valence-electron chi connectivity index (χ1n) is 4.91. The van der Waals surface area contributed by atoms with E-state index < -0.39 is 17.4 Å². The molecule has 0 radical (unpaired) electrons. The number of carboxylic acids is 1. The van der Waals surface area contributed by atoms with Gasteiger partial charge in [0.15, 0.2) is 5.41 Å². The summed E-state index contributed by atoms with van der Waals surface area (Å²) in [6.45, 7) is 0. The Bertz CT molecular complexity index is 253. The van der Waals surface area contributed by atoms with Crippen molar-refractivity contribution in [2.45, 2.75) is 31.8 Å². The minimum atomic E-state index is -1.36. The minimum absolute atomic E-state index is 0.0575. The van der Waals surface area contributed by atoms with Gasteiger partial charge in [0, 0.05) is 7.11 Å². The van der Waals surface area contributed by atoms with Crippen molar-refractivity contribution in [2.75, 3.05) is 14.2 Å². The Morgan fingerprint density at radius 1 is 1.27 bits per heavy atom. The number of hydrogen-bond acceptors (Lipinski definition) is 4. The van der Waals surface area contributed by atoms with Crippen molar-refractivity contribution >= 4 is 11.9 Å². The molecule has 1 rings (SSSR count). The van der Waals surface area contributed by atoms with Gasteiger partial charge in [0.05, 0.1) is 13.2 Å². The van der Waals surface area contributed by atoms with Gasteiger partial charge >= 0.3 is 11.9 Å². The molecule has 1 saturated carbocycles. The molecule has 1 aliphatic carbocycles. The first-order valence-corrected chi connectivity index (χ1v) is 4.91. The molecule has 5 nitrogen and oxygen atoms in total. The number of aliphatic carboxylic acids is 1. The lowest BCUT2D eigenvalue weighted by Crippen LogP contribution is -2.44. The van der Waals surface area contributed by atoms with Crippen LogP contribution >= 0.6 is 0 Å². The van der Waals surface area contributed by atoms with Gasteiger partial charge in [-0.2, -0.15) is 0 Å². The van der Waals surface area contributed by atoms with Crippen LogP contribution in [0.3, 0.4) is 0 Å². The van der Waals surface area contributed by atoms with Crippen LogP contribution in [0.15, 0.2) is 0 Å². The van der Waals surface area contributed by atoms with Gasteiger partial charge in [-0.15, -0.1) is 0 Å². The summed E-state index contributed by atoms with van der Waals surface area (Å²) in [7, 11) is 2.81. The van der Waals surface area contributed by atoms with Crippen LogP contribution < -0.4 is 0 Å². The summed E-state index contributed by atoms with van der Waals surface area (Å²) >= 11 is 0. The summed E-state index contributed by atoms with van der Waals surface area (Å²) in [4.78, 5) is 22.6. The maximum atomic E-state index is 11.5. The van der Waals surface area contributed by atoms with E-state index in [0.29, 0.717) is 12.8 Å². The van der Waals surface area contributed by atoms with E-state index in [0.717, 1.165) is 0 Å². The van der Waals surface area contributed by atoms with Crippen molar-refractivity contribution in [1.82, 2.24) is 0 Å². The zero-order valence-corrected chi connectivity index (χ0v) is 8.99. The molecule has 0 aromatic carbocycles. The summed E-state index contributed by atoms with van der Waals surface area (Å²) in [5, 5.41) is 9.11. The van der Waals surface area contributed by atoms with Gasteiger partial charge in [0.2, 0.25) is 0 Å². The van der Waals surface area contributed by atoms with Crippen LogP contribution in [0.2, 0.25) is 0 Å². The molecule has 0 aliphatic heterocycles. The van der Waals surface area contributed by atoms with Gasteiger partial charge < -0.3 is 14.6 Å². The van der Waals surface area contributed by atoms with Crippen LogP contribution in [0.1, 0.15) is 25.7 Å². The topological polar surface area (TPSA) is 72.8 Å². The van der Waals surface area contributed by atoms with Gasteiger partial charge in [0.1, 0.15) is 0 Å². The second kappa shape index (κ2) is 4.61. The Labute approximate surface area is 88.4 Å². The quantitative estimate of drug-likeness (QED) is 0.558. The molecule has 86 valence electrons. The van der Waals surface area contributed by atoms with Gasteiger partial charge in [-0.25, -0.2) is 0 Å². The number of esters is 1. The van der Waals surface area contributed by atoms with Crippen molar-refractivity contribution in [3.8, 4) is 0 Å². The van der Waals surface area contributed by atoms with E-state index in [2.05, 4.69) is 4.74 Å². The summed E-state index contributed by atoms with van der Waals surface area (Å²) in [6.07, 6.45) is 1.79. The third kappa shape index (κ3) is 2.12. The Morgan fingerprint density at radius 2 is 1.80 bits per heavy atom. The Balaban J connectivity index is 2.78. The fraction of sp³-hybridized carbons (Fsp3) is 0.800. The lowest BCUT2D eigenvalue weighted by atomic mass is 9.73. The fourth-order valence-corrected chi connectivity index (χ4v) is 2.02. The Hall–Kier alpha value is -1.10. The van der Waals surface area contributed by atoms with Crippen molar-refractivity contribution in [1.29, 1.82) is 0 Å². The molecule has 15 heavy (non-hydrogen) atoms. The normalized spacial score (nSPS) is 30.9. The van der Waals surface area contributed by atoms with Gasteiger partial charge in [-0.3, -0.25) is 9.59 Å². The monoisotopic (exact) mass is 216 g/mol. The molecule has 0 aromatic heterocycles. The van der Waals surface area contributed by atoms with Crippen molar-refractivity contribution in [2.24, 2.45) is 5.41 Å². The minimum Gasteiger partial charge on any atom is -0.480 e. The zero-order chi connectivity index (χ0) is 11.5. The highest BCUT2D eigenvalue weighted by Gasteiger charge is 2.49. The van der Waals surface area contributed by atoms with Crippen molar-refractivity contribution in [3.63, 3.8) is 0 Å². The molecule has 1 fully saturated rings. The second-order valence-corrected chi connectivity index (χ2v) is 3.81. The molecule has 1 N–H and O–H groups in total. The average molecular weight is 216 g/mol. The molecular formula is C10H16O5. The van der Waals surface area contributed by atoms with Crippen LogP contribution in [0.4, 0.5) is 0 Å². The summed E-state index contributed by atoms with van der Waals surface area (Å²) in [6, 6.07) is 0. The van der Waals surface area contributed by atoms with E-state index in [9.17, 15) is 9.59 Å². The first kappa shape index (κ1) is 12.0.